The molecule has 2 rings (SSSR count). The van der Waals surface area contributed by atoms with Crippen LogP contribution in [0.1, 0.15) is 26.3 Å². The maximum absolute atomic E-state index is 13.2. The van der Waals surface area contributed by atoms with Crippen LogP contribution in [0.25, 0.3) is 0 Å². The molecule has 0 fully saturated rings. The molecule has 0 bridgehead atoms. The van der Waals surface area contributed by atoms with Crippen LogP contribution in [0.2, 0.25) is 5.02 Å². The van der Waals surface area contributed by atoms with Crippen LogP contribution in [0.4, 0.5) is 4.39 Å². The number of nitrogens with zero attached hydrogens (tertiary/aromatic N) is 1. The van der Waals surface area contributed by atoms with Crippen LogP contribution in [-0.4, -0.2) is 35.4 Å². The first-order valence-corrected chi connectivity index (χ1v) is 10.3. The van der Waals surface area contributed by atoms with Crippen LogP contribution < -0.4 is 10.1 Å². The molecule has 0 aliphatic rings. The molecular formula is C21H23BrClFN2O3. The summed E-state index contributed by atoms with van der Waals surface area (Å²) in [5, 5.41) is 3.34. The quantitative estimate of drug-likeness (QED) is 0.596. The zero-order chi connectivity index (χ0) is 21.6. The van der Waals surface area contributed by atoms with Crippen molar-refractivity contribution >= 4 is 39.3 Å². The van der Waals surface area contributed by atoms with Gasteiger partial charge in [-0.15, -0.1) is 0 Å². The molecule has 2 amide bonds. The first-order valence-electron chi connectivity index (χ1n) is 9.09. The van der Waals surface area contributed by atoms with Crippen molar-refractivity contribution in [1.29, 1.82) is 0 Å². The summed E-state index contributed by atoms with van der Waals surface area (Å²) in [5.41, 5.74) is 0.705. The predicted octanol–water partition coefficient (Wildman–Crippen LogP) is 4.56. The van der Waals surface area contributed by atoms with Crippen molar-refractivity contribution < 1.29 is 18.7 Å². The number of hydrogen-bond acceptors (Lipinski definition) is 3. The molecule has 0 saturated heterocycles. The number of halogens is 3. The summed E-state index contributed by atoms with van der Waals surface area (Å²) in [4.78, 5) is 26.8. The van der Waals surface area contributed by atoms with Gasteiger partial charge in [-0.3, -0.25) is 9.59 Å². The molecule has 0 saturated carbocycles. The lowest BCUT2D eigenvalue weighted by Gasteiger charge is -2.29. The van der Waals surface area contributed by atoms with E-state index in [4.69, 9.17) is 16.3 Å². The normalized spacial score (nSPS) is 11.8. The minimum Gasteiger partial charge on any atom is -0.483 e. The molecule has 5 nitrogen and oxygen atoms in total. The van der Waals surface area contributed by atoms with Gasteiger partial charge in [0.25, 0.3) is 5.91 Å². The summed E-state index contributed by atoms with van der Waals surface area (Å²) >= 11 is 9.26. The Morgan fingerprint density at radius 2 is 1.83 bits per heavy atom. The first kappa shape index (κ1) is 23.2. The van der Waals surface area contributed by atoms with E-state index in [9.17, 15) is 14.0 Å². The molecule has 0 radical (unpaired) electrons. The number of rotatable bonds is 8. The lowest BCUT2D eigenvalue weighted by atomic mass is 10.1. The summed E-state index contributed by atoms with van der Waals surface area (Å²) in [7, 11) is 0. The highest BCUT2D eigenvalue weighted by Crippen LogP contribution is 2.28. The molecule has 0 heterocycles. The number of hydrogen-bond donors (Lipinski definition) is 1. The Labute approximate surface area is 183 Å². The summed E-state index contributed by atoms with van der Waals surface area (Å²) in [6.07, 6.45) is 0. The molecule has 0 aromatic heterocycles. The van der Waals surface area contributed by atoms with Crippen molar-refractivity contribution in [3.05, 3.63) is 63.3 Å². The summed E-state index contributed by atoms with van der Waals surface area (Å²) in [6, 6.07) is 9.98. The first-order chi connectivity index (χ1) is 13.7. The van der Waals surface area contributed by atoms with Crippen molar-refractivity contribution in [2.45, 2.75) is 39.4 Å². The van der Waals surface area contributed by atoms with Crippen LogP contribution >= 0.6 is 27.5 Å². The Kier molecular flexibility index (Phi) is 8.46. The average molecular weight is 486 g/mol. The molecule has 2 aromatic rings. The van der Waals surface area contributed by atoms with Gasteiger partial charge in [-0.2, -0.15) is 0 Å². The minimum atomic E-state index is -0.729. The molecule has 8 heteroatoms. The van der Waals surface area contributed by atoms with Crippen molar-refractivity contribution in [2.24, 2.45) is 0 Å². The molecule has 0 spiro atoms. The van der Waals surface area contributed by atoms with Crippen LogP contribution in [-0.2, 0) is 16.1 Å². The van der Waals surface area contributed by atoms with Gasteiger partial charge in [-0.1, -0.05) is 23.7 Å². The summed E-state index contributed by atoms with van der Waals surface area (Å²) < 4.78 is 19.4. The van der Waals surface area contributed by atoms with E-state index in [-0.39, 0.29) is 36.8 Å². The van der Waals surface area contributed by atoms with Gasteiger partial charge in [0.2, 0.25) is 5.91 Å². The Morgan fingerprint density at radius 3 is 2.41 bits per heavy atom. The van der Waals surface area contributed by atoms with E-state index in [0.717, 1.165) is 0 Å². The van der Waals surface area contributed by atoms with Crippen molar-refractivity contribution in [3.8, 4) is 5.75 Å². The largest absolute Gasteiger partial charge is 0.483 e. The molecule has 2 aromatic carbocycles. The highest BCUT2D eigenvalue weighted by atomic mass is 79.9. The SMILES string of the molecule is CC(C)NC(=O)[C@H](C)N(Cc1ccc(F)cc1)C(=O)COc1ccc(Cl)cc1Br. The number of carbonyl (C=O) groups is 2. The molecule has 1 atom stereocenters. The second-order valence-electron chi connectivity index (χ2n) is 6.85. The smallest absolute Gasteiger partial charge is 0.261 e. The lowest BCUT2D eigenvalue weighted by Crippen LogP contribution is -2.50. The van der Waals surface area contributed by atoms with Gasteiger partial charge < -0.3 is 15.0 Å². The fourth-order valence-corrected chi connectivity index (χ4v) is 3.39. The van der Waals surface area contributed by atoms with E-state index < -0.39 is 6.04 Å². The van der Waals surface area contributed by atoms with Crippen LogP contribution in [0.3, 0.4) is 0 Å². The lowest BCUT2D eigenvalue weighted by molar-refractivity contribution is -0.142. The monoisotopic (exact) mass is 484 g/mol. The van der Waals surface area contributed by atoms with E-state index in [0.29, 0.717) is 20.8 Å². The zero-order valence-electron chi connectivity index (χ0n) is 16.4. The second kappa shape index (κ2) is 10.6. The Balaban J connectivity index is 2.16. The fourth-order valence-electron chi connectivity index (χ4n) is 2.59. The number of ether oxygens (including phenoxy) is 1. The molecule has 29 heavy (non-hydrogen) atoms. The number of amides is 2. The van der Waals surface area contributed by atoms with E-state index >= 15 is 0 Å². The summed E-state index contributed by atoms with van der Waals surface area (Å²) in [6.45, 7) is 5.23. The van der Waals surface area contributed by atoms with Crippen LogP contribution in [0.5, 0.6) is 5.75 Å². The van der Waals surface area contributed by atoms with Gasteiger partial charge >= 0.3 is 0 Å². The number of carbonyl (C=O) groups excluding carboxylic acids is 2. The Bertz CT molecular complexity index is 862. The zero-order valence-corrected chi connectivity index (χ0v) is 18.8. The predicted molar refractivity (Wildman–Crippen MR) is 114 cm³/mol. The van der Waals surface area contributed by atoms with E-state index in [2.05, 4.69) is 21.2 Å². The number of nitrogens with one attached hydrogen (secondary N) is 1. The average Bonchev–Trinajstić information content (AvgIpc) is 2.65. The van der Waals surface area contributed by atoms with Crippen molar-refractivity contribution in [2.75, 3.05) is 6.61 Å². The standard InChI is InChI=1S/C21H23BrClFN2O3/c1-13(2)25-21(28)14(3)26(11-15-4-7-17(24)8-5-15)20(27)12-29-19-9-6-16(23)10-18(19)22/h4-10,13-14H,11-12H2,1-3H3,(H,25,28)/t14-/m0/s1. The maximum Gasteiger partial charge on any atom is 0.261 e. The Morgan fingerprint density at radius 1 is 1.17 bits per heavy atom. The Hall–Kier alpha value is -2.12. The third-order valence-corrected chi connectivity index (χ3v) is 4.96. The van der Waals surface area contributed by atoms with Crippen molar-refractivity contribution in [1.82, 2.24) is 10.2 Å². The molecule has 0 unspecified atom stereocenters. The van der Waals surface area contributed by atoms with Gasteiger partial charge in [0.15, 0.2) is 6.61 Å². The van der Waals surface area contributed by atoms with E-state index in [1.54, 1.807) is 37.3 Å². The highest BCUT2D eigenvalue weighted by Gasteiger charge is 2.27. The van der Waals surface area contributed by atoms with E-state index in [1.165, 1.54) is 17.0 Å². The molecule has 156 valence electrons. The van der Waals surface area contributed by atoms with Crippen molar-refractivity contribution in [3.63, 3.8) is 0 Å². The molecular weight excluding hydrogens is 463 g/mol. The second-order valence-corrected chi connectivity index (χ2v) is 8.14. The molecule has 0 aliphatic heterocycles. The van der Waals surface area contributed by atoms with Gasteiger partial charge in [-0.25, -0.2) is 4.39 Å². The minimum absolute atomic E-state index is 0.0611. The number of benzene rings is 2. The van der Waals surface area contributed by atoms with Gasteiger partial charge in [-0.05, 0) is 72.6 Å². The molecule has 0 aliphatic carbocycles. The van der Waals surface area contributed by atoms with Crippen LogP contribution in [0.15, 0.2) is 46.9 Å². The fraction of sp³-hybridized carbons (Fsp3) is 0.333. The molecule has 1 N–H and O–H groups in total. The van der Waals surface area contributed by atoms with Gasteiger partial charge in [0.05, 0.1) is 4.47 Å². The summed E-state index contributed by atoms with van der Waals surface area (Å²) in [5.74, 6) is -0.553. The van der Waals surface area contributed by atoms with Gasteiger partial charge in [0.1, 0.15) is 17.6 Å². The highest BCUT2D eigenvalue weighted by molar-refractivity contribution is 9.10. The third-order valence-electron chi connectivity index (χ3n) is 4.11. The topological polar surface area (TPSA) is 58.6 Å². The van der Waals surface area contributed by atoms with E-state index in [1.807, 2.05) is 13.8 Å². The maximum atomic E-state index is 13.2. The van der Waals surface area contributed by atoms with Crippen LogP contribution in [0, 0.1) is 5.82 Å². The third kappa shape index (κ3) is 7.01. The van der Waals surface area contributed by atoms with Gasteiger partial charge in [0, 0.05) is 17.6 Å².